The Morgan fingerprint density at radius 1 is 1.10 bits per heavy atom. The van der Waals surface area contributed by atoms with Crippen LogP contribution in [0.15, 0.2) is 48.5 Å². The summed E-state index contributed by atoms with van der Waals surface area (Å²) in [5.41, 5.74) is 3.53. The first kappa shape index (κ1) is 13.5. The van der Waals surface area contributed by atoms with Gasteiger partial charge in [-0.2, -0.15) is 0 Å². The minimum Gasteiger partial charge on any atom is -0.388 e. The zero-order valence-electron chi connectivity index (χ0n) is 11.3. The fourth-order valence-electron chi connectivity index (χ4n) is 2.82. The molecule has 0 amide bonds. The number of benzene rings is 2. The van der Waals surface area contributed by atoms with Crippen molar-refractivity contribution in [1.29, 1.82) is 0 Å². The Hall–Kier alpha value is -1.51. The summed E-state index contributed by atoms with van der Waals surface area (Å²) in [5, 5.41) is 10.9. The molecule has 3 heteroatoms. The zero-order valence-corrected chi connectivity index (χ0v) is 12.1. The van der Waals surface area contributed by atoms with Gasteiger partial charge in [-0.05, 0) is 36.1 Å². The largest absolute Gasteiger partial charge is 0.388 e. The maximum Gasteiger partial charge on any atom is 0.0821 e. The molecule has 0 aromatic heterocycles. The number of hydrogen-bond donors (Lipinski definition) is 1. The standard InChI is InChI=1S/C17H18ClNO/c18-15-7-3-2-6-14(15)17(20)10-12-19-11-9-13-5-1-4-8-16(13)19/h1-8,17,20H,9-12H2. The smallest absolute Gasteiger partial charge is 0.0821 e. The van der Waals surface area contributed by atoms with Crippen molar-refractivity contribution >= 4 is 17.3 Å². The van der Waals surface area contributed by atoms with Gasteiger partial charge in [0.25, 0.3) is 0 Å². The van der Waals surface area contributed by atoms with Crippen molar-refractivity contribution in [3.63, 3.8) is 0 Å². The number of nitrogens with zero attached hydrogens (tertiary/aromatic N) is 1. The summed E-state index contributed by atoms with van der Waals surface area (Å²) >= 11 is 6.12. The minimum atomic E-state index is -0.503. The van der Waals surface area contributed by atoms with E-state index in [1.54, 1.807) is 0 Å². The summed E-state index contributed by atoms with van der Waals surface area (Å²) in [6.07, 6.45) is 1.28. The Bertz CT molecular complexity index is 599. The fourth-order valence-corrected chi connectivity index (χ4v) is 3.08. The van der Waals surface area contributed by atoms with E-state index in [1.165, 1.54) is 11.3 Å². The summed E-state index contributed by atoms with van der Waals surface area (Å²) < 4.78 is 0. The van der Waals surface area contributed by atoms with Crippen LogP contribution in [0, 0.1) is 0 Å². The number of aliphatic hydroxyl groups excluding tert-OH is 1. The number of fused-ring (bicyclic) bond motifs is 1. The molecule has 0 saturated heterocycles. The van der Waals surface area contributed by atoms with Crippen LogP contribution in [0.2, 0.25) is 5.02 Å². The van der Waals surface area contributed by atoms with Crippen molar-refractivity contribution in [2.24, 2.45) is 0 Å². The molecule has 1 unspecified atom stereocenters. The second kappa shape index (κ2) is 5.86. The molecule has 2 aromatic rings. The van der Waals surface area contributed by atoms with Crippen LogP contribution < -0.4 is 4.90 Å². The molecule has 20 heavy (non-hydrogen) atoms. The second-order valence-corrected chi connectivity index (χ2v) is 5.60. The average Bonchev–Trinajstić information content (AvgIpc) is 2.88. The van der Waals surface area contributed by atoms with Crippen LogP contribution in [0.5, 0.6) is 0 Å². The van der Waals surface area contributed by atoms with E-state index in [1.807, 2.05) is 24.3 Å². The molecule has 0 bridgehead atoms. The van der Waals surface area contributed by atoms with Gasteiger partial charge in [0.2, 0.25) is 0 Å². The van der Waals surface area contributed by atoms with Gasteiger partial charge in [-0.1, -0.05) is 48.0 Å². The third-order valence-corrected chi connectivity index (χ3v) is 4.26. The van der Waals surface area contributed by atoms with Crippen LogP contribution in [0.3, 0.4) is 0 Å². The number of anilines is 1. The predicted octanol–water partition coefficient (Wildman–Crippen LogP) is 3.83. The highest BCUT2D eigenvalue weighted by atomic mass is 35.5. The van der Waals surface area contributed by atoms with Crippen LogP contribution in [-0.4, -0.2) is 18.2 Å². The molecule has 0 radical (unpaired) electrons. The molecule has 1 aliphatic heterocycles. The second-order valence-electron chi connectivity index (χ2n) is 5.19. The zero-order chi connectivity index (χ0) is 13.9. The molecule has 0 saturated carbocycles. The highest BCUT2D eigenvalue weighted by Crippen LogP contribution is 2.30. The van der Waals surface area contributed by atoms with E-state index in [9.17, 15) is 5.11 Å². The van der Waals surface area contributed by atoms with Crippen molar-refractivity contribution in [2.75, 3.05) is 18.0 Å². The maximum absolute atomic E-state index is 10.3. The maximum atomic E-state index is 10.3. The molecule has 2 aromatic carbocycles. The van der Waals surface area contributed by atoms with E-state index < -0.39 is 6.10 Å². The lowest BCUT2D eigenvalue weighted by Crippen LogP contribution is -2.23. The van der Waals surface area contributed by atoms with E-state index in [4.69, 9.17) is 11.6 Å². The number of halogens is 1. The van der Waals surface area contributed by atoms with Crippen molar-refractivity contribution in [1.82, 2.24) is 0 Å². The number of aliphatic hydroxyl groups is 1. The highest BCUT2D eigenvalue weighted by Gasteiger charge is 2.19. The van der Waals surface area contributed by atoms with E-state index in [0.717, 1.165) is 25.1 Å². The van der Waals surface area contributed by atoms with Crippen LogP contribution in [-0.2, 0) is 6.42 Å². The lowest BCUT2D eigenvalue weighted by molar-refractivity contribution is 0.169. The first-order chi connectivity index (χ1) is 9.75. The van der Waals surface area contributed by atoms with Gasteiger partial charge in [0.1, 0.15) is 0 Å². The molecule has 1 heterocycles. The van der Waals surface area contributed by atoms with E-state index >= 15 is 0 Å². The minimum absolute atomic E-state index is 0.503. The van der Waals surface area contributed by atoms with Gasteiger partial charge in [-0.15, -0.1) is 0 Å². The van der Waals surface area contributed by atoms with Gasteiger partial charge in [-0.25, -0.2) is 0 Å². The molecular weight excluding hydrogens is 270 g/mol. The molecule has 3 rings (SSSR count). The van der Waals surface area contributed by atoms with E-state index in [0.29, 0.717) is 11.4 Å². The number of rotatable bonds is 4. The summed E-state index contributed by atoms with van der Waals surface area (Å²) in [7, 11) is 0. The van der Waals surface area contributed by atoms with Gasteiger partial charge < -0.3 is 10.0 Å². The molecule has 1 aliphatic rings. The van der Waals surface area contributed by atoms with Gasteiger partial charge in [0.05, 0.1) is 6.10 Å². The summed E-state index contributed by atoms with van der Waals surface area (Å²) in [6, 6.07) is 16.0. The highest BCUT2D eigenvalue weighted by molar-refractivity contribution is 6.31. The molecule has 0 fully saturated rings. The molecular formula is C17H18ClNO. The third-order valence-electron chi connectivity index (χ3n) is 3.92. The molecule has 0 spiro atoms. The topological polar surface area (TPSA) is 23.5 Å². The summed E-state index contributed by atoms with van der Waals surface area (Å²) in [4.78, 5) is 2.34. The van der Waals surface area contributed by atoms with E-state index in [2.05, 4.69) is 29.2 Å². The van der Waals surface area contributed by atoms with Crippen LogP contribution in [0.1, 0.15) is 23.7 Å². The predicted molar refractivity (Wildman–Crippen MR) is 83.4 cm³/mol. The van der Waals surface area contributed by atoms with Gasteiger partial charge in [-0.3, -0.25) is 0 Å². The van der Waals surface area contributed by atoms with Crippen molar-refractivity contribution in [3.8, 4) is 0 Å². The average molecular weight is 288 g/mol. The lowest BCUT2D eigenvalue weighted by atomic mass is 10.1. The first-order valence-electron chi connectivity index (χ1n) is 7.01. The quantitative estimate of drug-likeness (QED) is 0.924. The Kier molecular flexibility index (Phi) is 3.95. The Labute approximate surface area is 124 Å². The molecule has 0 aliphatic carbocycles. The molecule has 1 N–H and O–H groups in total. The number of para-hydroxylation sites is 1. The normalized spacial score (nSPS) is 15.2. The molecule has 1 atom stereocenters. The van der Waals surface area contributed by atoms with Gasteiger partial charge >= 0.3 is 0 Å². The fraction of sp³-hybridized carbons (Fsp3) is 0.294. The van der Waals surface area contributed by atoms with Crippen molar-refractivity contribution in [3.05, 3.63) is 64.7 Å². The van der Waals surface area contributed by atoms with Crippen LogP contribution in [0.25, 0.3) is 0 Å². The van der Waals surface area contributed by atoms with Gasteiger partial charge in [0.15, 0.2) is 0 Å². The van der Waals surface area contributed by atoms with Crippen molar-refractivity contribution in [2.45, 2.75) is 18.9 Å². The Balaban J connectivity index is 1.65. The summed E-state index contributed by atoms with van der Waals surface area (Å²) in [6.45, 7) is 1.89. The van der Waals surface area contributed by atoms with Crippen LogP contribution >= 0.6 is 11.6 Å². The van der Waals surface area contributed by atoms with Crippen LogP contribution in [0.4, 0.5) is 5.69 Å². The van der Waals surface area contributed by atoms with Crippen molar-refractivity contribution < 1.29 is 5.11 Å². The summed E-state index contributed by atoms with van der Waals surface area (Å²) in [5.74, 6) is 0. The number of hydrogen-bond acceptors (Lipinski definition) is 2. The van der Waals surface area contributed by atoms with E-state index in [-0.39, 0.29) is 0 Å². The first-order valence-corrected chi connectivity index (χ1v) is 7.39. The Morgan fingerprint density at radius 2 is 1.85 bits per heavy atom. The Morgan fingerprint density at radius 3 is 2.70 bits per heavy atom. The van der Waals surface area contributed by atoms with Gasteiger partial charge in [0, 0.05) is 23.8 Å². The lowest BCUT2D eigenvalue weighted by Gasteiger charge is -2.21. The SMILES string of the molecule is OC(CCN1CCc2ccccc21)c1ccccc1Cl. The monoisotopic (exact) mass is 287 g/mol. The molecule has 2 nitrogen and oxygen atoms in total. The third kappa shape index (κ3) is 2.67. The molecule has 104 valence electrons.